The van der Waals surface area contributed by atoms with Crippen molar-refractivity contribution < 1.29 is 38.7 Å². The number of anilines is 1. The third-order valence-electron chi connectivity index (χ3n) is 4.74. The van der Waals surface area contributed by atoms with Crippen LogP contribution in [0.1, 0.15) is 25.1 Å². The molecule has 0 saturated carbocycles. The fraction of sp³-hybridized carbons (Fsp3) is 0.350. The fourth-order valence-electron chi connectivity index (χ4n) is 3.20. The molecule has 2 aliphatic rings. The van der Waals surface area contributed by atoms with Gasteiger partial charge in [0.25, 0.3) is 11.8 Å². The maximum atomic E-state index is 12.6. The second-order valence-electron chi connectivity index (χ2n) is 7.30. The number of carboxylic acids is 1. The number of aromatic nitrogens is 1. The van der Waals surface area contributed by atoms with Crippen molar-refractivity contribution in [3.63, 3.8) is 0 Å². The van der Waals surface area contributed by atoms with Crippen LogP contribution in [0.3, 0.4) is 0 Å². The lowest BCUT2D eigenvalue weighted by molar-refractivity contribution is -0.150. The minimum absolute atomic E-state index is 0.144. The molecule has 3 heterocycles. The Morgan fingerprint density at radius 3 is 2.80 bits per heavy atom. The number of nitrogens with zero attached hydrogens (tertiary/aromatic N) is 3. The molecule has 1 unspecified atom stereocenters. The highest BCUT2D eigenvalue weighted by atomic mass is 32.2. The number of fused-ring (bicyclic) bond motifs is 1. The van der Waals surface area contributed by atoms with Crippen molar-refractivity contribution in [3.05, 3.63) is 35.0 Å². The van der Waals surface area contributed by atoms with Gasteiger partial charge in [-0.1, -0.05) is 11.7 Å². The lowest BCUT2D eigenvalue weighted by Crippen LogP contribution is -2.70. The first kappa shape index (κ1) is 25.9. The summed E-state index contributed by atoms with van der Waals surface area (Å²) in [5.41, 5.74) is 5.95. The van der Waals surface area contributed by atoms with Crippen LogP contribution in [0.4, 0.5) is 5.13 Å². The summed E-state index contributed by atoms with van der Waals surface area (Å²) in [6.45, 7) is 4.47. The number of nitrogen functional groups attached to an aromatic ring is 1. The van der Waals surface area contributed by atoms with Crippen molar-refractivity contribution in [2.24, 2.45) is 5.16 Å². The largest absolute Gasteiger partial charge is 0.477 e. The standard InChI is InChI=1S/C20H21N5O8S2/c1-3-12(11-8-35-20(21)23-11)33-22-5-13(27)24-15-17(29)25-16(19(30)31)10(7-34-18(15)25)6-32-14(28)4-9(2)26/h3,5,8,12,15,18H,1,4,6-7H2,2H3,(H2,21,23)(H,24,27)(H,30,31)/t12?,15-,18+/m1/s1. The Labute approximate surface area is 207 Å². The Bertz CT molecular complexity index is 1130. The first-order chi connectivity index (χ1) is 16.6. The van der Waals surface area contributed by atoms with Crippen LogP contribution in [0.2, 0.25) is 0 Å². The number of aliphatic carboxylic acids is 1. The average Bonchev–Trinajstić information content (AvgIpc) is 3.23. The van der Waals surface area contributed by atoms with E-state index < -0.39 is 47.7 Å². The molecular formula is C20H21N5O8S2. The Hall–Kier alpha value is -3.72. The van der Waals surface area contributed by atoms with E-state index in [2.05, 4.69) is 22.0 Å². The van der Waals surface area contributed by atoms with Crippen LogP contribution in [0.5, 0.6) is 0 Å². The van der Waals surface area contributed by atoms with Crippen LogP contribution in [0.25, 0.3) is 0 Å². The number of esters is 1. The summed E-state index contributed by atoms with van der Waals surface area (Å²) < 4.78 is 4.96. The minimum atomic E-state index is -1.38. The number of oxime groups is 1. The van der Waals surface area contributed by atoms with Crippen molar-refractivity contribution in [1.29, 1.82) is 0 Å². The van der Waals surface area contributed by atoms with E-state index >= 15 is 0 Å². The maximum absolute atomic E-state index is 12.6. The number of ether oxygens (including phenoxy) is 1. The molecule has 15 heteroatoms. The van der Waals surface area contributed by atoms with Gasteiger partial charge in [0.1, 0.15) is 47.8 Å². The van der Waals surface area contributed by atoms with E-state index in [1.165, 1.54) is 36.1 Å². The lowest BCUT2D eigenvalue weighted by atomic mass is 10.0. The third kappa shape index (κ3) is 6.05. The summed E-state index contributed by atoms with van der Waals surface area (Å²) in [4.78, 5) is 69.5. The van der Waals surface area contributed by atoms with Gasteiger partial charge in [0.2, 0.25) is 0 Å². The first-order valence-electron chi connectivity index (χ1n) is 10.0. The quantitative estimate of drug-likeness (QED) is 0.0897. The molecule has 0 spiro atoms. The highest BCUT2D eigenvalue weighted by molar-refractivity contribution is 8.00. The van der Waals surface area contributed by atoms with Crippen LogP contribution in [-0.2, 0) is 33.5 Å². The van der Waals surface area contributed by atoms with Gasteiger partial charge in [-0.15, -0.1) is 23.1 Å². The second-order valence-corrected chi connectivity index (χ2v) is 9.29. The molecule has 186 valence electrons. The van der Waals surface area contributed by atoms with Gasteiger partial charge in [0.05, 0.1) is 0 Å². The minimum Gasteiger partial charge on any atom is -0.477 e. The van der Waals surface area contributed by atoms with E-state index in [9.17, 15) is 29.1 Å². The molecule has 1 saturated heterocycles. The number of amides is 2. The van der Waals surface area contributed by atoms with Gasteiger partial charge in [-0.05, 0) is 13.0 Å². The molecule has 3 rings (SSSR count). The van der Waals surface area contributed by atoms with Gasteiger partial charge in [0.15, 0.2) is 11.2 Å². The summed E-state index contributed by atoms with van der Waals surface area (Å²) >= 11 is 2.40. The number of nitrogens with two attached hydrogens (primary N) is 1. The fourth-order valence-corrected chi connectivity index (χ4v) is 5.11. The molecule has 4 N–H and O–H groups in total. The van der Waals surface area contributed by atoms with Crippen molar-refractivity contribution in [3.8, 4) is 0 Å². The van der Waals surface area contributed by atoms with E-state index in [1.54, 1.807) is 5.38 Å². The molecule has 35 heavy (non-hydrogen) atoms. The number of hydrogen-bond donors (Lipinski definition) is 3. The SMILES string of the molecule is C=CC(ON=CC(=O)N[C@@H]1C(=O)N2C(C(=O)O)=C(COC(=O)CC(C)=O)CS[C@@H]12)c1csc(N)n1. The van der Waals surface area contributed by atoms with Gasteiger partial charge in [-0.25, -0.2) is 9.78 Å². The van der Waals surface area contributed by atoms with Crippen molar-refractivity contribution in [1.82, 2.24) is 15.2 Å². The lowest BCUT2D eigenvalue weighted by Gasteiger charge is -2.49. The summed E-state index contributed by atoms with van der Waals surface area (Å²) in [5, 5.41) is 17.0. The Kier molecular flexibility index (Phi) is 8.24. The number of Topliss-reactive ketones (excluding diaryl/α,β-unsaturated/α-hetero) is 1. The molecule has 1 fully saturated rings. The van der Waals surface area contributed by atoms with Crippen molar-refractivity contribution >= 4 is 64.0 Å². The van der Waals surface area contributed by atoms with Gasteiger partial charge in [-0.3, -0.25) is 24.1 Å². The summed E-state index contributed by atoms with van der Waals surface area (Å²) in [5.74, 6) is -3.78. The smallest absolute Gasteiger partial charge is 0.352 e. The van der Waals surface area contributed by atoms with E-state index in [0.717, 1.165) is 11.1 Å². The predicted octanol–water partition coefficient (Wildman–Crippen LogP) is 0.216. The summed E-state index contributed by atoms with van der Waals surface area (Å²) in [6.07, 6.45) is 1.10. The second kappa shape index (κ2) is 11.1. The number of carbonyl (C=O) groups is 5. The zero-order valence-corrected chi connectivity index (χ0v) is 20.0. The number of thioether (sulfide) groups is 1. The zero-order chi connectivity index (χ0) is 25.7. The monoisotopic (exact) mass is 523 g/mol. The number of carbonyl (C=O) groups excluding carboxylic acids is 4. The number of ketones is 1. The molecule has 1 aromatic rings. The first-order valence-corrected chi connectivity index (χ1v) is 11.9. The van der Waals surface area contributed by atoms with Crippen molar-refractivity contribution in [2.45, 2.75) is 30.9 Å². The molecule has 0 aliphatic carbocycles. The van der Waals surface area contributed by atoms with E-state index in [-0.39, 0.29) is 29.4 Å². The molecule has 0 aromatic carbocycles. The molecule has 13 nitrogen and oxygen atoms in total. The maximum Gasteiger partial charge on any atom is 0.352 e. The van der Waals surface area contributed by atoms with E-state index in [0.29, 0.717) is 10.8 Å². The molecule has 2 aliphatic heterocycles. The molecule has 0 bridgehead atoms. The van der Waals surface area contributed by atoms with Crippen molar-refractivity contribution in [2.75, 3.05) is 18.1 Å². The molecule has 3 atom stereocenters. The van der Waals surface area contributed by atoms with Crippen LogP contribution >= 0.6 is 23.1 Å². The Morgan fingerprint density at radius 2 is 2.20 bits per heavy atom. The summed E-state index contributed by atoms with van der Waals surface area (Å²) in [7, 11) is 0. The number of thiazole rings is 1. The van der Waals surface area contributed by atoms with Gasteiger partial charge < -0.3 is 25.7 Å². The number of carboxylic acid groups (broad SMARTS) is 1. The normalized spacial score (nSPS) is 20.0. The third-order valence-corrected chi connectivity index (χ3v) is 6.77. The highest BCUT2D eigenvalue weighted by Crippen LogP contribution is 2.40. The average molecular weight is 524 g/mol. The van der Waals surface area contributed by atoms with Gasteiger partial charge in [-0.2, -0.15) is 0 Å². The van der Waals surface area contributed by atoms with Gasteiger partial charge in [0, 0.05) is 16.7 Å². The van der Waals surface area contributed by atoms with Crippen LogP contribution in [-0.4, -0.2) is 74.5 Å². The summed E-state index contributed by atoms with van der Waals surface area (Å²) in [6, 6.07) is -0.983. The number of rotatable bonds is 11. The molecular weight excluding hydrogens is 502 g/mol. The molecule has 1 aromatic heterocycles. The Morgan fingerprint density at radius 1 is 1.46 bits per heavy atom. The Balaban J connectivity index is 1.59. The number of β-lactam (4-membered cyclic amide) rings is 1. The van der Waals surface area contributed by atoms with E-state index in [4.69, 9.17) is 15.3 Å². The predicted molar refractivity (Wildman–Crippen MR) is 125 cm³/mol. The van der Waals surface area contributed by atoms with Crippen LogP contribution < -0.4 is 11.1 Å². The topological polar surface area (TPSA) is 191 Å². The number of hydrogen-bond acceptors (Lipinski definition) is 12. The molecule has 2 amide bonds. The zero-order valence-electron chi connectivity index (χ0n) is 18.3. The van der Waals surface area contributed by atoms with Crippen LogP contribution in [0.15, 0.2) is 34.5 Å². The highest BCUT2D eigenvalue weighted by Gasteiger charge is 2.54. The molecule has 0 radical (unpaired) electrons. The van der Waals surface area contributed by atoms with Gasteiger partial charge >= 0.3 is 11.9 Å². The van der Waals surface area contributed by atoms with E-state index in [1.807, 2.05) is 0 Å². The number of nitrogens with one attached hydrogen (secondary N) is 1. The van der Waals surface area contributed by atoms with Crippen LogP contribution in [0, 0.1) is 0 Å².